The van der Waals surface area contributed by atoms with Gasteiger partial charge in [-0.25, -0.2) is 8.42 Å². The molecule has 1 heterocycles. The van der Waals surface area contributed by atoms with Gasteiger partial charge in [-0.1, -0.05) is 0 Å². The molecule has 0 aliphatic carbocycles. The molecule has 1 fully saturated rings. The lowest BCUT2D eigenvalue weighted by atomic mass is 10.5. The van der Waals surface area contributed by atoms with Gasteiger partial charge in [-0.2, -0.15) is 4.31 Å². The Morgan fingerprint density at radius 1 is 1.30 bits per heavy atom. The molecule has 0 aromatic rings. The SMILES string of the molecule is O=S(=O)(S)N1CCOCC1. The smallest absolute Gasteiger partial charge is 0.264 e. The van der Waals surface area contributed by atoms with Crippen LogP contribution in [0.4, 0.5) is 0 Å². The largest absolute Gasteiger partial charge is 0.379 e. The van der Waals surface area contributed by atoms with Crippen LogP contribution in [0.5, 0.6) is 0 Å². The third-order valence-corrected chi connectivity index (χ3v) is 3.01. The number of morpholine rings is 1. The highest BCUT2D eigenvalue weighted by atomic mass is 33.1. The molecule has 0 bridgehead atoms. The molecule has 1 rings (SSSR count). The summed E-state index contributed by atoms with van der Waals surface area (Å²) in [5, 5.41) is 0. The zero-order chi connectivity index (χ0) is 7.61. The first-order valence-electron chi connectivity index (χ1n) is 2.91. The van der Waals surface area contributed by atoms with Gasteiger partial charge in [0.25, 0.3) is 9.06 Å². The van der Waals surface area contributed by atoms with Gasteiger partial charge in [-0.05, 0) is 11.7 Å². The fourth-order valence-electron chi connectivity index (χ4n) is 0.777. The van der Waals surface area contributed by atoms with Gasteiger partial charge in [0.15, 0.2) is 0 Å². The lowest BCUT2D eigenvalue weighted by molar-refractivity contribution is 0.0741. The molecule has 0 saturated carbocycles. The third-order valence-electron chi connectivity index (χ3n) is 1.30. The van der Waals surface area contributed by atoms with Gasteiger partial charge in [-0.15, -0.1) is 0 Å². The van der Waals surface area contributed by atoms with Crippen LogP contribution in [-0.2, 0) is 13.8 Å². The second kappa shape index (κ2) is 3.08. The van der Waals surface area contributed by atoms with E-state index < -0.39 is 9.06 Å². The molecule has 1 aliphatic heterocycles. The Balaban J connectivity index is 2.56. The van der Waals surface area contributed by atoms with E-state index in [1.165, 1.54) is 4.31 Å². The Kier molecular flexibility index (Phi) is 2.56. The maximum Gasteiger partial charge on any atom is 0.264 e. The topological polar surface area (TPSA) is 46.6 Å². The summed E-state index contributed by atoms with van der Waals surface area (Å²) in [7, 11) is -3.28. The van der Waals surface area contributed by atoms with E-state index in [0.29, 0.717) is 26.3 Å². The zero-order valence-corrected chi connectivity index (χ0v) is 7.07. The highest BCUT2D eigenvalue weighted by molar-refractivity contribution is 8.62. The van der Waals surface area contributed by atoms with Crippen molar-refractivity contribution in [2.24, 2.45) is 0 Å². The highest BCUT2D eigenvalue weighted by Gasteiger charge is 2.19. The van der Waals surface area contributed by atoms with Crippen molar-refractivity contribution in [2.75, 3.05) is 26.3 Å². The number of nitrogens with zero attached hydrogens (tertiary/aromatic N) is 1. The Hall–Kier alpha value is 0.220. The molecule has 4 nitrogen and oxygen atoms in total. The molecule has 0 aromatic carbocycles. The lowest BCUT2D eigenvalue weighted by Gasteiger charge is -2.23. The molecular formula is C4H9NO3S2. The maximum atomic E-state index is 10.7. The van der Waals surface area contributed by atoms with Crippen LogP contribution in [0.25, 0.3) is 0 Å². The molecule has 10 heavy (non-hydrogen) atoms. The Morgan fingerprint density at radius 3 is 2.10 bits per heavy atom. The Labute approximate surface area is 65.0 Å². The summed E-state index contributed by atoms with van der Waals surface area (Å²) < 4.78 is 27.7. The van der Waals surface area contributed by atoms with Gasteiger partial charge in [0, 0.05) is 13.1 Å². The molecule has 0 radical (unpaired) electrons. The van der Waals surface area contributed by atoms with Crippen molar-refractivity contribution in [3.05, 3.63) is 0 Å². The summed E-state index contributed by atoms with van der Waals surface area (Å²) in [6.45, 7) is 1.79. The summed E-state index contributed by atoms with van der Waals surface area (Å²) in [6, 6.07) is 0. The number of rotatable bonds is 1. The van der Waals surface area contributed by atoms with Gasteiger partial charge < -0.3 is 4.74 Å². The van der Waals surface area contributed by atoms with Gasteiger partial charge in [0.2, 0.25) is 0 Å². The second-order valence-corrected chi connectivity index (χ2v) is 4.79. The fraction of sp³-hybridized carbons (Fsp3) is 1.00. The van der Waals surface area contributed by atoms with E-state index >= 15 is 0 Å². The van der Waals surface area contributed by atoms with E-state index in [9.17, 15) is 8.42 Å². The molecule has 1 aliphatic rings. The summed E-state index contributed by atoms with van der Waals surface area (Å²) in [6.07, 6.45) is 0. The van der Waals surface area contributed by atoms with Crippen LogP contribution in [0.3, 0.4) is 0 Å². The van der Waals surface area contributed by atoms with Crippen molar-refractivity contribution < 1.29 is 13.2 Å². The number of hydrogen-bond acceptors (Lipinski definition) is 3. The van der Waals surface area contributed by atoms with Crippen molar-refractivity contribution in [3.8, 4) is 0 Å². The minimum Gasteiger partial charge on any atom is -0.379 e. The van der Waals surface area contributed by atoms with Gasteiger partial charge >= 0.3 is 0 Å². The van der Waals surface area contributed by atoms with Gasteiger partial charge in [-0.3, -0.25) is 0 Å². The molecule has 6 heteroatoms. The van der Waals surface area contributed by atoms with Crippen molar-refractivity contribution in [2.45, 2.75) is 0 Å². The predicted molar refractivity (Wildman–Crippen MR) is 40.3 cm³/mol. The molecule has 0 aromatic heterocycles. The highest BCUT2D eigenvalue weighted by Crippen LogP contribution is 2.07. The molecule has 0 atom stereocenters. The van der Waals surface area contributed by atoms with Crippen LogP contribution in [-0.4, -0.2) is 39.0 Å². The van der Waals surface area contributed by atoms with E-state index in [-0.39, 0.29) is 0 Å². The van der Waals surface area contributed by atoms with Crippen LogP contribution in [0.15, 0.2) is 0 Å². The molecule has 1 saturated heterocycles. The predicted octanol–water partition coefficient (Wildman–Crippen LogP) is -0.507. The van der Waals surface area contributed by atoms with Crippen LogP contribution in [0.2, 0.25) is 0 Å². The number of ether oxygens (including phenoxy) is 1. The first-order chi connectivity index (χ1) is 4.61. The third kappa shape index (κ3) is 2.12. The molecular weight excluding hydrogens is 174 g/mol. The normalized spacial score (nSPS) is 22.9. The second-order valence-electron chi connectivity index (χ2n) is 1.99. The van der Waals surface area contributed by atoms with Crippen molar-refractivity contribution in [3.63, 3.8) is 0 Å². The maximum absolute atomic E-state index is 10.7. The minimum atomic E-state index is -3.28. The van der Waals surface area contributed by atoms with E-state index in [1.54, 1.807) is 0 Å². The van der Waals surface area contributed by atoms with E-state index in [1.807, 2.05) is 0 Å². The van der Waals surface area contributed by atoms with E-state index in [0.717, 1.165) is 0 Å². The van der Waals surface area contributed by atoms with Crippen LogP contribution >= 0.6 is 11.7 Å². The molecule has 0 spiro atoms. The summed E-state index contributed by atoms with van der Waals surface area (Å²) in [5.41, 5.74) is 0. The summed E-state index contributed by atoms with van der Waals surface area (Å²) in [4.78, 5) is 0. The Bertz CT molecular complexity index is 195. The Morgan fingerprint density at radius 2 is 1.80 bits per heavy atom. The molecule has 0 N–H and O–H groups in total. The first-order valence-corrected chi connectivity index (χ1v) is 5.40. The molecule has 60 valence electrons. The summed E-state index contributed by atoms with van der Waals surface area (Å²) in [5.74, 6) is 0. The van der Waals surface area contributed by atoms with Crippen molar-refractivity contribution in [1.82, 2.24) is 4.31 Å². The molecule has 0 unspecified atom stereocenters. The van der Waals surface area contributed by atoms with E-state index in [2.05, 4.69) is 11.7 Å². The average molecular weight is 183 g/mol. The quantitative estimate of drug-likeness (QED) is 0.440. The summed E-state index contributed by atoms with van der Waals surface area (Å²) >= 11 is 3.44. The van der Waals surface area contributed by atoms with Crippen LogP contribution in [0, 0.1) is 0 Å². The first kappa shape index (κ1) is 8.32. The van der Waals surface area contributed by atoms with Crippen LogP contribution in [0.1, 0.15) is 0 Å². The van der Waals surface area contributed by atoms with E-state index in [4.69, 9.17) is 4.74 Å². The average Bonchev–Trinajstić information content (AvgIpc) is 1.88. The standard InChI is InChI=1S/C4H9NO3S2/c6-10(7,9)5-1-3-8-4-2-5/h1-4H2,(H,6,7,9). The minimum absolute atomic E-state index is 0.422. The van der Waals surface area contributed by atoms with Crippen molar-refractivity contribution in [1.29, 1.82) is 0 Å². The monoisotopic (exact) mass is 183 g/mol. The lowest BCUT2D eigenvalue weighted by Crippen LogP contribution is -2.38. The van der Waals surface area contributed by atoms with Crippen LogP contribution < -0.4 is 0 Å². The number of thiol groups is 1. The molecule has 0 amide bonds. The number of hydrogen-bond donors (Lipinski definition) is 1. The zero-order valence-electron chi connectivity index (χ0n) is 5.36. The van der Waals surface area contributed by atoms with Gasteiger partial charge in [0.05, 0.1) is 13.2 Å². The van der Waals surface area contributed by atoms with Crippen molar-refractivity contribution >= 4 is 20.7 Å². The fourth-order valence-corrected chi connectivity index (χ4v) is 1.88. The van der Waals surface area contributed by atoms with Gasteiger partial charge in [0.1, 0.15) is 0 Å².